The molecule has 0 unspecified atom stereocenters. The van der Waals surface area contributed by atoms with Crippen molar-refractivity contribution in [2.75, 3.05) is 24.4 Å². The number of halogens is 1. The number of para-hydroxylation sites is 2. The number of hydrogen-bond acceptors (Lipinski definition) is 6. The number of benzene rings is 2. The Balaban J connectivity index is 1.67. The van der Waals surface area contributed by atoms with Crippen LogP contribution in [0.4, 0.5) is 11.4 Å². The lowest BCUT2D eigenvalue weighted by Crippen LogP contribution is -2.21. The van der Waals surface area contributed by atoms with E-state index in [0.29, 0.717) is 40.2 Å². The van der Waals surface area contributed by atoms with E-state index in [1.165, 1.54) is 11.8 Å². The van der Waals surface area contributed by atoms with Gasteiger partial charge in [-0.05, 0) is 44.2 Å². The van der Waals surface area contributed by atoms with E-state index in [1.54, 1.807) is 43.3 Å². The molecule has 3 aromatic rings. The molecule has 0 aliphatic rings. The zero-order valence-electron chi connectivity index (χ0n) is 17.3. The molecule has 0 aliphatic heterocycles. The van der Waals surface area contributed by atoms with Crippen LogP contribution in [0.2, 0.25) is 5.02 Å². The fourth-order valence-corrected chi connectivity index (χ4v) is 3.09. The highest BCUT2D eigenvalue weighted by atomic mass is 35.5. The summed E-state index contributed by atoms with van der Waals surface area (Å²) < 4.78 is 12.0. The van der Waals surface area contributed by atoms with Crippen molar-refractivity contribution in [3.63, 3.8) is 0 Å². The van der Waals surface area contributed by atoms with Crippen molar-refractivity contribution >= 4 is 34.8 Å². The van der Waals surface area contributed by atoms with E-state index in [1.807, 2.05) is 13.0 Å². The Kier molecular flexibility index (Phi) is 7.09. The van der Waals surface area contributed by atoms with Crippen LogP contribution in [-0.2, 0) is 11.3 Å². The van der Waals surface area contributed by atoms with Crippen molar-refractivity contribution in [2.24, 2.45) is 0 Å². The minimum Gasteiger partial charge on any atom is -0.495 e. The summed E-state index contributed by atoms with van der Waals surface area (Å²) in [6.45, 7) is 3.88. The molecule has 0 spiro atoms. The van der Waals surface area contributed by atoms with Crippen molar-refractivity contribution < 1.29 is 19.1 Å². The Hall–Kier alpha value is -3.59. The summed E-state index contributed by atoms with van der Waals surface area (Å²) in [7, 11) is 1.51. The molecule has 10 heteroatoms. The van der Waals surface area contributed by atoms with E-state index >= 15 is 0 Å². The number of aromatic nitrogens is 3. The number of carbonyl (C=O) groups is 2. The smallest absolute Gasteiger partial charge is 0.278 e. The maximum absolute atomic E-state index is 12.7. The fraction of sp³-hybridized carbons (Fsp3) is 0.238. The van der Waals surface area contributed by atoms with Crippen molar-refractivity contribution in [2.45, 2.75) is 20.4 Å². The van der Waals surface area contributed by atoms with E-state index in [9.17, 15) is 9.59 Å². The predicted octanol–water partition coefficient (Wildman–Crippen LogP) is 3.54. The van der Waals surface area contributed by atoms with Gasteiger partial charge in [-0.1, -0.05) is 28.9 Å². The van der Waals surface area contributed by atoms with E-state index < -0.39 is 5.91 Å². The molecule has 162 valence electrons. The Morgan fingerprint density at radius 1 is 1.13 bits per heavy atom. The summed E-state index contributed by atoms with van der Waals surface area (Å²) in [5.41, 5.74) is 1.61. The third kappa shape index (κ3) is 5.32. The third-order valence-corrected chi connectivity index (χ3v) is 4.66. The maximum atomic E-state index is 12.7. The lowest BCUT2D eigenvalue weighted by atomic mass is 10.2. The van der Waals surface area contributed by atoms with E-state index in [0.717, 1.165) is 0 Å². The molecule has 31 heavy (non-hydrogen) atoms. The van der Waals surface area contributed by atoms with Crippen molar-refractivity contribution in [3.8, 4) is 11.5 Å². The molecule has 3 rings (SSSR count). The number of nitrogens with one attached hydrogen (secondary N) is 2. The first-order valence-electron chi connectivity index (χ1n) is 9.49. The summed E-state index contributed by atoms with van der Waals surface area (Å²) in [5.74, 6) is 0.274. The summed E-state index contributed by atoms with van der Waals surface area (Å²) in [5, 5.41) is 13.7. The average Bonchev–Trinajstić information content (AvgIpc) is 3.10. The molecule has 9 nitrogen and oxygen atoms in total. The second-order valence-electron chi connectivity index (χ2n) is 6.46. The van der Waals surface area contributed by atoms with E-state index in [4.69, 9.17) is 21.1 Å². The summed E-state index contributed by atoms with van der Waals surface area (Å²) in [6.07, 6.45) is 0. The Bertz CT molecular complexity index is 1100. The molecule has 2 amide bonds. The molecule has 0 fully saturated rings. The van der Waals surface area contributed by atoms with Crippen LogP contribution in [0.3, 0.4) is 0 Å². The zero-order valence-corrected chi connectivity index (χ0v) is 18.1. The molecule has 0 saturated heterocycles. The topological polar surface area (TPSA) is 107 Å². The minimum atomic E-state index is -0.446. The van der Waals surface area contributed by atoms with E-state index in [-0.39, 0.29) is 18.1 Å². The van der Waals surface area contributed by atoms with Crippen molar-refractivity contribution in [1.82, 2.24) is 15.0 Å². The Labute approximate surface area is 184 Å². The fourth-order valence-electron chi connectivity index (χ4n) is 2.83. The lowest BCUT2D eigenvalue weighted by molar-refractivity contribution is -0.117. The van der Waals surface area contributed by atoms with Crippen LogP contribution in [0.15, 0.2) is 42.5 Å². The van der Waals surface area contributed by atoms with Crippen molar-refractivity contribution in [1.29, 1.82) is 0 Å². The summed E-state index contributed by atoms with van der Waals surface area (Å²) >= 11 is 6.08. The van der Waals surface area contributed by atoms with Gasteiger partial charge in [0.2, 0.25) is 5.91 Å². The van der Waals surface area contributed by atoms with Gasteiger partial charge >= 0.3 is 0 Å². The molecule has 2 N–H and O–H groups in total. The van der Waals surface area contributed by atoms with Crippen LogP contribution >= 0.6 is 11.6 Å². The van der Waals surface area contributed by atoms with Gasteiger partial charge in [-0.3, -0.25) is 9.59 Å². The highest BCUT2D eigenvalue weighted by Crippen LogP contribution is 2.27. The van der Waals surface area contributed by atoms with Gasteiger partial charge in [-0.15, -0.1) is 5.10 Å². The van der Waals surface area contributed by atoms with Crippen molar-refractivity contribution in [3.05, 3.63) is 58.9 Å². The minimum absolute atomic E-state index is 0.117. The van der Waals surface area contributed by atoms with Gasteiger partial charge in [0.15, 0.2) is 5.69 Å². The van der Waals surface area contributed by atoms with Crippen LogP contribution in [0.5, 0.6) is 11.5 Å². The standard InChI is InChI=1S/C21H22ClN5O4/c1-4-31-18-8-6-5-7-16(18)24-21(29)20-13(2)27(26-25-20)12-19(28)23-14-9-10-17(30-3)15(22)11-14/h5-11H,4,12H2,1-3H3,(H,23,28)(H,24,29). The highest BCUT2D eigenvalue weighted by molar-refractivity contribution is 6.32. The highest BCUT2D eigenvalue weighted by Gasteiger charge is 2.19. The third-order valence-electron chi connectivity index (χ3n) is 4.36. The van der Waals surface area contributed by atoms with Crippen LogP contribution in [0.25, 0.3) is 0 Å². The van der Waals surface area contributed by atoms with Gasteiger partial charge in [0.25, 0.3) is 5.91 Å². The van der Waals surface area contributed by atoms with Crippen LogP contribution in [0, 0.1) is 6.92 Å². The van der Waals surface area contributed by atoms with Gasteiger partial charge in [0.05, 0.1) is 30.1 Å². The first-order chi connectivity index (χ1) is 14.9. The van der Waals surface area contributed by atoms with Crippen LogP contribution < -0.4 is 20.1 Å². The number of amides is 2. The molecule has 0 radical (unpaired) electrons. The molecule has 1 aromatic heterocycles. The molecule has 0 bridgehead atoms. The molecule has 1 heterocycles. The molecular formula is C21H22ClN5O4. The molecule has 0 saturated carbocycles. The number of methoxy groups -OCH3 is 1. The Morgan fingerprint density at radius 2 is 1.90 bits per heavy atom. The SMILES string of the molecule is CCOc1ccccc1NC(=O)c1nnn(CC(=O)Nc2ccc(OC)c(Cl)c2)c1C. The molecule has 0 aliphatic carbocycles. The number of carbonyl (C=O) groups excluding carboxylic acids is 2. The quantitative estimate of drug-likeness (QED) is 0.551. The number of nitrogens with zero attached hydrogens (tertiary/aromatic N) is 3. The van der Waals surface area contributed by atoms with Gasteiger partial charge < -0.3 is 20.1 Å². The van der Waals surface area contributed by atoms with Gasteiger partial charge in [-0.2, -0.15) is 0 Å². The lowest BCUT2D eigenvalue weighted by Gasteiger charge is -2.10. The average molecular weight is 444 g/mol. The predicted molar refractivity (Wildman–Crippen MR) is 117 cm³/mol. The second-order valence-corrected chi connectivity index (χ2v) is 6.87. The summed E-state index contributed by atoms with van der Waals surface area (Å²) in [6, 6.07) is 12.0. The molecule has 2 aromatic carbocycles. The van der Waals surface area contributed by atoms with E-state index in [2.05, 4.69) is 20.9 Å². The molecular weight excluding hydrogens is 422 g/mol. The summed E-state index contributed by atoms with van der Waals surface area (Å²) in [4.78, 5) is 25.1. The zero-order chi connectivity index (χ0) is 22.4. The first-order valence-corrected chi connectivity index (χ1v) is 9.87. The normalized spacial score (nSPS) is 10.5. The van der Waals surface area contributed by atoms with Gasteiger partial charge in [-0.25, -0.2) is 4.68 Å². The van der Waals surface area contributed by atoms with Crippen LogP contribution in [0.1, 0.15) is 23.1 Å². The molecule has 0 atom stereocenters. The number of rotatable bonds is 8. The van der Waals surface area contributed by atoms with Gasteiger partial charge in [0.1, 0.15) is 18.0 Å². The Morgan fingerprint density at radius 3 is 2.61 bits per heavy atom. The monoisotopic (exact) mass is 443 g/mol. The second kappa shape index (κ2) is 9.94. The maximum Gasteiger partial charge on any atom is 0.278 e. The first kappa shape index (κ1) is 22.1. The number of ether oxygens (including phenoxy) is 2. The number of hydrogen-bond donors (Lipinski definition) is 2. The van der Waals surface area contributed by atoms with Crippen LogP contribution in [-0.4, -0.2) is 40.5 Å². The van der Waals surface area contributed by atoms with Gasteiger partial charge in [0, 0.05) is 5.69 Å². The largest absolute Gasteiger partial charge is 0.495 e. The number of anilines is 2.